The Labute approximate surface area is 98.7 Å². The summed E-state index contributed by atoms with van der Waals surface area (Å²) in [6.45, 7) is 4.47. The highest BCUT2D eigenvalue weighted by molar-refractivity contribution is 9.10. The summed E-state index contributed by atoms with van der Waals surface area (Å²) in [4.78, 5) is 0. The molecule has 0 fully saturated rings. The van der Waals surface area contributed by atoms with Crippen LogP contribution in [-0.4, -0.2) is 13.7 Å². The van der Waals surface area contributed by atoms with Crippen LogP contribution in [0, 0.1) is 0 Å². The molecule has 0 saturated carbocycles. The Kier molecular flexibility index (Phi) is 4.42. The summed E-state index contributed by atoms with van der Waals surface area (Å²) in [5, 5.41) is 0. The van der Waals surface area contributed by atoms with Gasteiger partial charge in [0.05, 0.1) is 18.2 Å². The standard InChI is InChI=1S/C11H16BrNO2/c1-4-15-10-6-8(7(2)13)5-9(12)11(10)14-3/h5-7H,4,13H2,1-3H3. The number of ether oxygens (including phenoxy) is 2. The minimum Gasteiger partial charge on any atom is -0.492 e. The zero-order chi connectivity index (χ0) is 11.4. The third-order valence-corrected chi connectivity index (χ3v) is 2.65. The second-order valence-corrected chi connectivity index (χ2v) is 4.11. The molecule has 0 bridgehead atoms. The van der Waals surface area contributed by atoms with Gasteiger partial charge in [-0.05, 0) is 47.5 Å². The van der Waals surface area contributed by atoms with Crippen molar-refractivity contribution >= 4 is 15.9 Å². The highest BCUT2D eigenvalue weighted by Crippen LogP contribution is 2.37. The fourth-order valence-corrected chi connectivity index (χ4v) is 1.93. The Bertz CT molecular complexity index is 340. The molecule has 0 saturated heterocycles. The molecule has 0 radical (unpaired) electrons. The molecule has 4 heteroatoms. The van der Waals surface area contributed by atoms with Crippen LogP contribution in [0.25, 0.3) is 0 Å². The maximum atomic E-state index is 5.82. The number of hydrogen-bond acceptors (Lipinski definition) is 3. The van der Waals surface area contributed by atoms with Gasteiger partial charge in [0.2, 0.25) is 0 Å². The molecule has 15 heavy (non-hydrogen) atoms. The number of benzene rings is 1. The predicted octanol–water partition coefficient (Wildman–Crippen LogP) is 2.88. The normalized spacial score (nSPS) is 12.3. The molecule has 2 N–H and O–H groups in total. The van der Waals surface area contributed by atoms with Gasteiger partial charge in [0.25, 0.3) is 0 Å². The SMILES string of the molecule is CCOc1cc(C(C)N)cc(Br)c1OC. The highest BCUT2D eigenvalue weighted by Gasteiger charge is 2.12. The van der Waals surface area contributed by atoms with E-state index in [9.17, 15) is 0 Å². The summed E-state index contributed by atoms with van der Waals surface area (Å²) in [6, 6.07) is 3.84. The fraction of sp³-hybridized carbons (Fsp3) is 0.455. The number of rotatable bonds is 4. The highest BCUT2D eigenvalue weighted by atomic mass is 79.9. The van der Waals surface area contributed by atoms with Crippen LogP contribution in [0.15, 0.2) is 16.6 Å². The second kappa shape index (κ2) is 5.37. The van der Waals surface area contributed by atoms with E-state index in [-0.39, 0.29) is 6.04 Å². The van der Waals surface area contributed by atoms with Crippen molar-refractivity contribution in [2.24, 2.45) is 5.73 Å². The minimum absolute atomic E-state index is 0.0218. The first kappa shape index (κ1) is 12.3. The van der Waals surface area contributed by atoms with Gasteiger partial charge in [0, 0.05) is 6.04 Å². The Morgan fingerprint density at radius 2 is 2.13 bits per heavy atom. The van der Waals surface area contributed by atoms with Crippen molar-refractivity contribution in [3.05, 3.63) is 22.2 Å². The summed E-state index contributed by atoms with van der Waals surface area (Å²) >= 11 is 3.44. The van der Waals surface area contributed by atoms with E-state index in [4.69, 9.17) is 15.2 Å². The zero-order valence-corrected chi connectivity index (χ0v) is 10.8. The number of nitrogens with two attached hydrogens (primary N) is 1. The molecule has 1 rings (SSSR count). The van der Waals surface area contributed by atoms with Crippen LogP contribution < -0.4 is 15.2 Å². The first-order valence-corrected chi connectivity index (χ1v) is 5.65. The van der Waals surface area contributed by atoms with Crippen molar-refractivity contribution in [3.8, 4) is 11.5 Å². The lowest BCUT2D eigenvalue weighted by atomic mass is 10.1. The summed E-state index contributed by atoms with van der Waals surface area (Å²) in [6.07, 6.45) is 0. The van der Waals surface area contributed by atoms with E-state index in [0.29, 0.717) is 12.4 Å². The van der Waals surface area contributed by atoms with E-state index in [2.05, 4.69) is 15.9 Å². The zero-order valence-electron chi connectivity index (χ0n) is 9.21. The van der Waals surface area contributed by atoms with Gasteiger partial charge in [-0.3, -0.25) is 0 Å². The van der Waals surface area contributed by atoms with Crippen LogP contribution in [0.4, 0.5) is 0 Å². The molecular weight excluding hydrogens is 258 g/mol. The maximum Gasteiger partial charge on any atom is 0.174 e. The predicted molar refractivity (Wildman–Crippen MR) is 64.5 cm³/mol. The minimum atomic E-state index is -0.0218. The largest absolute Gasteiger partial charge is 0.492 e. The van der Waals surface area contributed by atoms with Crippen LogP contribution in [-0.2, 0) is 0 Å². The molecule has 1 unspecified atom stereocenters. The molecule has 0 aliphatic heterocycles. The van der Waals surface area contributed by atoms with E-state index in [1.54, 1.807) is 7.11 Å². The molecule has 1 atom stereocenters. The quantitative estimate of drug-likeness (QED) is 0.918. The molecule has 1 aromatic carbocycles. The third kappa shape index (κ3) is 2.86. The van der Waals surface area contributed by atoms with Crippen molar-refractivity contribution in [2.45, 2.75) is 19.9 Å². The molecule has 0 aliphatic carbocycles. The lowest BCUT2D eigenvalue weighted by Gasteiger charge is -2.14. The van der Waals surface area contributed by atoms with Crippen LogP contribution in [0.1, 0.15) is 25.5 Å². The van der Waals surface area contributed by atoms with Crippen LogP contribution >= 0.6 is 15.9 Å². The number of halogens is 1. The number of hydrogen-bond donors (Lipinski definition) is 1. The molecule has 0 heterocycles. The van der Waals surface area contributed by atoms with E-state index < -0.39 is 0 Å². The van der Waals surface area contributed by atoms with Crippen molar-refractivity contribution in [2.75, 3.05) is 13.7 Å². The van der Waals surface area contributed by atoms with Crippen LogP contribution in [0.2, 0.25) is 0 Å². The van der Waals surface area contributed by atoms with Crippen molar-refractivity contribution in [3.63, 3.8) is 0 Å². The molecule has 0 spiro atoms. The lowest BCUT2D eigenvalue weighted by molar-refractivity contribution is 0.309. The summed E-state index contributed by atoms with van der Waals surface area (Å²) in [7, 11) is 1.62. The molecule has 0 aromatic heterocycles. The smallest absolute Gasteiger partial charge is 0.174 e. The molecule has 84 valence electrons. The van der Waals surface area contributed by atoms with Gasteiger partial charge < -0.3 is 15.2 Å². The number of methoxy groups -OCH3 is 1. The van der Waals surface area contributed by atoms with Gasteiger partial charge in [-0.15, -0.1) is 0 Å². The first-order chi connectivity index (χ1) is 7.10. The Hall–Kier alpha value is -0.740. The van der Waals surface area contributed by atoms with Crippen molar-refractivity contribution < 1.29 is 9.47 Å². The van der Waals surface area contributed by atoms with Gasteiger partial charge in [0.15, 0.2) is 11.5 Å². The fourth-order valence-electron chi connectivity index (χ4n) is 1.31. The van der Waals surface area contributed by atoms with Gasteiger partial charge >= 0.3 is 0 Å². The van der Waals surface area contributed by atoms with Crippen LogP contribution in [0.5, 0.6) is 11.5 Å². The van der Waals surface area contributed by atoms with Crippen LogP contribution in [0.3, 0.4) is 0 Å². The first-order valence-electron chi connectivity index (χ1n) is 4.86. The maximum absolute atomic E-state index is 5.82. The Balaban J connectivity index is 3.19. The van der Waals surface area contributed by atoms with E-state index in [0.717, 1.165) is 15.8 Å². The van der Waals surface area contributed by atoms with E-state index in [1.807, 2.05) is 26.0 Å². The molecular formula is C11H16BrNO2. The summed E-state index contributed by atoms with van der Waals surface area (Å²) in [5.41, 5.74) is 6.84. The summed E-state index contributed by atoms with van der Waals surface area (Å²) < 4.78 is 11.6. The van der Waals surface area contributed by atoms with Gasteiger partial charge in [-0.2, -0.15) is 0 Å². The summed E-state index contributed by atoms with van der Waals surface area (Å²) in [5.74, 6) is 1.43. The van der Waals surface area contributed by atoms with Gasteiger partial charge in [-0.25, -0.2) is 0 Å². The second-order valence-electron chi connectivity index (χ2n) is 3.26. The molecule has 0 amide bonds. The molecule has 3 nitrogen and oxygen atoms in total. The van der Waals surface area contributed by atoms with E-state index in [1.165, 1.54) is 0 Å². The topological polar surface area (TPSA) is 44.5 Å². The van der Waals surface area contributed by atoms with E-state index >= 15 is 0 Å². The van der Waals surface area contributed by atoms with Gasteiger partial charge in [-0.1, -0.05) is 0 Å². The average molecular weight is 274 g/mol. The Morgan fingerprint density at radius 3 is 2.60 bits per heavy atom. The van der Waals surface area contributed by atoms with Crippen molar-refractivity contribution in [1.29, 1.82) is 0 Å². The lowest BCUT2D eigenvalue weighted by Crippen LogP contribution is -2.06. The average Bonchev–Trinajstić information content (AvgIpc) is 2.17. The molecule has 1 aromatic rings. The van der Waals surface area contributed by atoms with Crippen molar-refractivity contribution in [1.82, 2.24) is 0 Å². The van der Waals surface area contributed by atoms with Gasteiger partial charge in [0.1, 0.15) is 0 Å². The molecule has 0 aliphatic rings. The Morgan fingerprint density at radius 1 is 1.47 bits per heavy atom. The monoisotopic (exact) mass is 273 g/mol. The third-order valence-electron chi connectivity index (χ3n) is 2.06.